The summed E-state index contributed by atoms with van der Waals surface area (Å²) in [4.78, 5) is 0. The molecule has 134 valence electrons. The standard InChI is InChI=1S/C19H23NO5/c21-16-11-25-19(24,18(23)17(16)22)12-20-15-8-4-7-14(10-15)9-13-5-2-1-3-6-13/h1-8,10,16-18,20-24H,9,11-12H2/t16-,17-,18+,19-/m1/s1. The third-order valence-electron chi connectivity index (χ3n) is 4.41. The largest absolute Gasteiger partial charge is 0.388 e. The fourth-order valence-corrected chi connectivity index (χ4v) is 2.90. The van der Waals surface area contributed by atoms with Gasteiger partial charge >= 0.3 is 0 Å². The molecule has 1 saturated heterocycles. The summed E-state index contributed by atoms with van der Waals surface area (Å²) >= 11 is 0. The Balaban J connectivity index is 1.64. The van der Waals surface area contributed by atoms with E-state index in [1.165, 1.54) is 5.56 Å². The summed E-state index contributed by atoms with van der Waals surface area (Å²) in [5.74, 6) is -1.96. The van der Waals surface area contributed by atoms with E-state index < -0.39 is 24.1 Å². The molecule has 0 aliphatic carbocycles. The topological polar surface area (TPSA) is 102 Å². The molecular weight excluding hydrogens is 322 g/mol. The van der Waals surface area contributed by atoms with Gasteiger partial charge in [0.05, 0.1) is 13.2 Å². The normalized spacial score (nSPS) is 29.4. The molecule has 0 unspecified atom stereocenters. The van der Waals surface area contributed by atoms with Gasteiger partial charge in [0.1, 0.15) is 18.3 Å². The van der Waals surface area contributed by atoms with E-state index in [9.17, 15) is 20.4 Å². The highest BCUT2D eigenvalue weighted by Crippen LogP contribution is 2.25. The van der Waals surface area contributed by atoms with Crippen LogP contribution in [-0.2, 0) is 11.2 Å². The van der Waals surface area contributed by atoms with Gasteiger partial charge in [-0.2, -0.15) is 0 Å². The lowest BCUT2D eigenvalue weighted by Crippen LogP contribution is -2.63. The number of hydrogen-bond acceptors (Lipinski definition) is 6. The van der Waals surface area contributed by atoms with E-state index >= 15 is 0 Å². The molecule has 1 aliphatic rings. The fourth-order valence-electron chi connectivity index (χ4n) is 2.90. The Hall–Kier alpha value is -1.96. The third kappa shape index (κ3) is 4.18. The Morgan fingerprint density at radius 3 is 2.48 bits per heavy atom. The van der Waals surface area contributed by atoms with E-state index in [2.05, 4.69) is 17.4 Å². The molecule has 0 radical (unpaired) electrons. The summed E-state index contributed by atoms with van der Waals surface area (Å²) in [7, 11) is 0. The number of anilines is 1. The minimum atomic E-state index is -1.96. The van der Waals surface area contributed by atoms with Crippen molar-refractivity contribution >= 4 is 5.69 Å². The zero-order valence-corrected chi connectivity index (χ0v) is 13.7. The van der Waals surface area contributed by atoms with Gasteiger partial charge in [0.25, 0.3) is 0 Å². The Morgan fingerprint density at radius 2 is 1.72 bits per heavy atom. The monoisotopic (exact) mass is 345 g/mol. The van der Waals surface area contributed by atoms with E-state index in [1.54, 1.807) is 0 Å². The maximum atomic E-state index is 10.4. The number of nitrogens with one attached hydrogen (secondary N) is 1. The van der Waals surface area contributed by atoms with Gasteiger partial charge in [-0.25, -0.2) is 0 Å². The molecule has 2 aromatic rings. The Morgan fingerprint density at radius 1 is 1.00 bits per heavy atom. The molecule has 0 amide bonds. The molecule has 0 saturated carbocycles. The number of ether oxygens (including phenoxy) is 1. The number of benzene rings is 2. The molecule has 2 aromatic carbocycles. The van der Waals surface area contributed by atoms with Crippen molar-refractivity contribution in [2.45, 2.75) is 30.5 Å². The molecule has 1 heterocycles. The van der Waals surface area contributed by atoms with Crippen LogP contribution in [0.25, 0.3) is 0 Å². The van der Waals surface area contributed by atoms with Crippen LogP contribution in [0.1, 0.15) is 11.1 Å². The first-order chi connectivity index (χ1) is 12.0. The molecule has 0 aromatic heterocycles. The van der Waals surface area contributed by atoms with Gasteiger partial charge in [-0.05, 0) is 29.7 Å². The van der Waals surface area contributed by atoms with E-state index in [0.717, 1.165) is 17.7 Å². The summed E-state index contributed by atoms with van der Waals surface area (Å²) < 4.78 is 5.14. The molecule has 6 nitrogen and oxygen atoms in total. The van der Waals surface area contributed by atoms with E-state index in [4.69, 9.17) is 4.74 Å². The van der Waals surface area contributed by atoms with Gasteiger partial charge in [0.2, 0.25) is 5.79 Å². The van der Waals surface area contributed by atoms with Crippen molar-refractivity contribution in [1.29, 1.82) is 0 Å². The highest BCUT2D eigenvalue weighted by Gasteiger charge is 2.48. The average Bonchev–Trinajstić information content (AvgIpc) is 2.63. The molecule has 1 fully saturated rings. The van der Waals surface area contributed by atoms with Crippen LogP contribution < -0.4 is 5.32 Å². The predicted molar refractivity (Wildman–Crippen MR) is 93.1 cm³/mol. The molecule has 5 N–H and O–H groups in total. The van der Waals surface area contributed by atoms with Crippen LogP contribution in [0.2, 0.25) is 0 Å². The van der Waals surface area contributed by atoms with Crippen molar-refractivity contribution in [2.24, 2.45) is 0 Å². The highest BCUT2D eigenvalue weighted by molar-refractivity contribution is 5.47. The maximum absolute atomic E-state index is 10.4. The zero-order chi connectivity index (χ0) is 17.9. The molecule has 3 rings (SSSR count). The minimum Gasteiger partial charge on any atom is -0.388 e. The maximum Gasteiger partial charge on any atom is 0.212 e. The Labute approximate surface area is 146 Å². The summed E-state index contributed by atoms with van der Waals surface area (Å²) in [6, 6.07) is 17.8. The molecule has 1 aliphatic heterocycles. The highest BCUT2D eigenvalue weighted by atomic mass is 16.6. The number of aliphatic hydroxyl groups excluding tert-OH is 3. The summed E-state index contributed by atoms with van der Waals surface area (Å²) in [5.41, 5.74) is 3.06. The van der Waals surface area contributed by atoms with Crippen LogP contribution in [0, 0.1) is 0 Å². The van der Waals surface area contributed by atoms with Crippen molar-refractivity contribution in [3.8, 4) is 0 Å². The second kappa shape index (κ2) is 7.51. The molecule has 25 heavy (non-hydrogen) atoms. The average molecular weight is 345 g/mol. The van der Waals surface area contributed by atoms with E-state index in [-0.39, 0.29) is 13.2 Å². The lowest BCUT2D eigenvalue weighted by Gasteiger charge is -2.41. The van der Waals surface area contributed by atoms with Crippen LogP contribution in [0.15, 0.2) is 54.6 Å². The third-order valence-corrected chi connectivity index (χ3v) is 4.41. The van der Waals surface area contributed by atoms with Crippen LogP contribution in [0.3, 0.4) is 0 Å². The van der Waals surface area contributed by atoms with Crippen LogP contribution in [0.4, 0.5) is 5.69 Å². The molecule has 0 bridgehead atoms. The minimum absolute atomic E-state index is 0.118. The van der Waals surface area contributed by atoms with Gasteiger partial charge in [-0.3, -0.25) is 0 Å². The first-order valence-electron chi connectivity index (χ1n) is 8.25. The Kier molecular flexibility index (Phi) is 5.36. The second-order valence-corrected chi connectivity index (χ2v) is 6.37. The quantitative estimate of drug-likeness (QED) is 0.541. The van der Waals surface area contributed by atoms with Crippen molar-refractivity contribution in [3.63, 3.8) is 0 Å². The van der Waals surface area contributed by atoms with Gasteiger partial charge in [0, 0.05) is 5.69 Å². The van der Waals surface area contributed by atoms with Crippen molar-refractivity contribution < 1.29 is 25.2 Å². The van der Waals surface area contributed by atoms with Crippen molar-refractivity contribution in [2.75, 3.05) is 18.5 Å². The summed E-state index contributed by atoms with van der Waals surface area (Å²) in [5, 5.41) is 42.6. The van der Waals surface area contributed by atoms with Gasteiger partial charge in [-0.15, -0.1) is 0 Å². The Bertz CT molecular complexity index is 695. The first kappa shape index (κ1) is 17.8. The van der Waals surface area contributed by atoms with E-state index in [0.29, 0.717) is 0 Å². The van der Waals surface area contributed by atoms with Crippen molar-refractivity contribution in [3.05, 3.63) is 65.7 Å². The van der Waals surface area contributed by atoms with Crippen LogP contribution in [-0.4, -0.2) is 57.7 Å². The predicted octanol–water partition coefficient (Wildman–Crippen LogP) is 0.491. The van der Waals surface area contributed by atoms with Crippen LogP contribution >= 0.6 is 0 Å². The SMILES string of the molecule is O[C@@H]1[C@H](O)CO[C@](O)(CNc2cccc(Cc3ccccc3)c2)[C@H]1O. The molecular formula is C19H23NO5. The van der Waals surface area contributed by atoms with E-state index in [1.807, 2.05) is 42.5 Å². The number of hydrogen-bond donors (Lipinski definition) is 5. The number of aliphatic hydroxyl groups is 4. The lowest BCUT2D eigenvalue weighted by molar-refractivity contribution is -0.313. The van der Waals surface area contributed by atoms with Gasteiger partial charge in [0.15, 0.2) is 0 Å². The van der Waals surface area contributed by atoms with Crippen molar-refractivity contribution in [1.82, 2.24) is 0 Å². The molecule has 0 spiro atoms. The zero-order valence-electron chi connectivity index (χ0n) is 13.7. The smallest absolute Gasteiger partial charge is 0.212 e. The van der Waals surface area contributed by atoms with Gasteiger partial charge in [-0.1, -0.05) is 42.5 Å². The molecule has 4 atom stereocenters. The van der Waals surface area contributed by atoms with Crippen LogP contribution in [0.5, 0.6) is 0 Å². The number of rotatable bonds is 5. The van der Waals surface area contributed by atoms with Gasteiger partial charge < -0.3 is 30.5 Å². The molecule has 6 heteroatoms. The lowest BCUT2D eigenvalue weighted by atomic mass is 9.96. The fraction of sp³-hybridized carbons (Fsp3) is 0.368. The summed E-state index contributed by atoms with van der Waals surface area (Å²) in [6.07, 6.45) is -3.49. The summed E-state index contributed by atoms with van der Waals surface area (Å²) in [6.45, 7) is -0.364. The first-order valence-corrected chi connectivity index (χ1v) is 8.25. The second-order valence-electron chi connectivity index (χ2n) is 6.37.